The minimum Gasteiger partial charge on any atom is -0.394 e. The Bertz CT molecular complexity index is 460. The highest BCUT2D eigenvalue weighted by Gasteiger charge is 2.41. The molecule has 1 aromatic carbocycles. The molecule has 1 saturated heterocycles. The van der Waals surface area contributed by atoms with Gasteiger partial charge in [0.15, 0.2) is 0 Å². The zero-order valence-electron chi connectivity index (χ0n) is 15.5. The van der Waals surface area contributed by atoms with Crippen LogP contribution in [0.1, 0.15) is 63.9 Å². The van der Waals surface area contributed by atoms with Crippen LogP contribution < -0.4 is 0 Å². The van der Waals surface area contributed by atoms with Gasteiger partial charge in [0.2, 0.25) is 0 Å². The van der Waals surface area contributed by atoms with E-state index in [4.69, 9.17) is 9.47 Å². The Balaban J connectivity index is 1.98. The van der Waals surface area contributed by atoms with Crippen molar-refractivity contribution in [1.82, 2.24) is 0 Å². The van der Waals surface area contributed by atoms with Gasteiger partial charge in [-0.05, 0) is 12.0 Å². The molecule has 0 saturated carbocycles. The molecule has 1 aliphatic heterocycles. The summed E-state index contributed by atoms with van der Waals surface area (Å²) in [6, 6.07) is 9.82. The number of benzene rings is 1. The molecule has 3 unspecified atom stereocenters. The second kappa shape index (κ2) is 10.9. The molecule has 0 radical (unpaired) electrons. The van der Waals surface area contributed by atoms with E-state index in [0.29, 0.717) is 13.0 Å². The van der Waals surface area contributed by atoms with Crippen LogP contribution >= 0.6 is 0 Å². The molecule has 2 N–H and O–H groups in total. The molecule has 0 aromatic heterocycles. The maximum absolute atomic E-state index is 10.6. The summed E-state index contributed by atoms with van der Waals surface area (Å²) in [5, 5.41) is 20.3. The van der Waals surface area contributed by atoms with Gasteiger partial charge >= 0.3 is 0 Å². The van der Waals surface area contributed by atoms with E-state index in [-0.39, 0.29) is 12.7 Å². The number of hydrogen-bond acceptors (Lipinski definition) is 4. The van der Waals surface area contributed by atoms with Crippen LogP contribution in [0.5, 0.6) is 0 Å². The topological polar surface area (TPSA) is 62.2 Å². The molecule has 1 heterocycles. The minimum absolute atomic E-state index is 0.128. The highest BCUT2D eigenvalue weighted by molar-refractivity contribution is 5.24. The monoisotopic (exact) mass is 350 g/mol. The fraction of sp³-hybridized carbons (Fsp3) is 0.714. The fourth-order valence-corrected chi connectivity index (χ4v) is 3.37. The molecular weight excluding hydrogens is 316 g/mol. The molecule has 2 rings (SSSR count). The Labute approximate surface area is 152 Å². The number of rotatable bonds is 14. The highest BCUT2D eigenvalue weighted by Crippen LogP contribution is 2.36. The normalized spacial score (nSPS) is 20.2. The van der Waals surface area contributed by atoms with Gasteiger partial charge in [0.1, 0.15) is 17.8 Å². The van der Waals surface area contributed by atoms with E-state index in [0.717, 1.165) is 25.0 Å². The van der Waals surface area contributed by atoms with Crippen molar-refractivity contribution >= 4 is 0 Å². The van der Waals surface area contributed by atoms with Gasteiger partial charge in [-0.3, -0.25) is 0 Å². The quantitative estimate of drug-likeness (QED) is 0.396. The average Bonchev–Trinajstić information content (AvgIpc) is 3.48. The van der Waals surface area contributed by atoms with Gasteiger partial charge in [0.05, 0.1) is 19.8 Å². The summed E-state index contributed by atoms with van der Waals surface area (Å²) < 4.78 is 11.5. The van der Waals surface area contributed by atoms with Gasteiger partial charge in [-0.25, -0.2) is 0 Å². The van der Waals surface area contributed by atoms with Crippen LogP contribution in [0, 0.1) is 0 Å². The maximum atomic E-state index is 10.6. The SMILES string of the molecule is CCCCCCCCCC(OCC1CO1)(c1ccccc1)C(O)CO. The Kier molecular flexibility index (Phi) is 8.90. The molecule has 1 aromatic rings. The average molecular weight is 350 g/mol. The van der Waals surface area contributed by atoms with Gasteiger partial charge in [-0.15, -0.1) is 0 Å². The zero-order chi connectivity index (χ0) is 18.0. The summed E-state index contributed by atoms with van der Waals surface area (Å²) in [6.07, 6.45) is 8.35. The van der Waals surface area contributed by atoms with E-state index < -0.39 is 11.7 Å². The molecule has 1 aliphatic rings. The number of ether oxygens (including phenoxy) is 2. The molecule has 0 aliphatic carbocycles. The number of unbranched alkanes of at least 4 members (excludes halogenated alkanes) is 6. The third-order valence-corrected chi connectivity index (χ3v) is 5.05. The second-order valence-electron chi connectivity index (χ2n) is 7.09. The first kappa shape index (κ1) is 20.4. The summed E-state index contributed by atoms with van der Waals surface area (Å²) in [5.74, 6) is 0. The van der Waals surface area contributed by atoms with E-state index in [1.54, 1.807) is 0 Å². The summed E-state index contributed by atoms with van der Waals surface area (Å²) >= 11 is 0. The largest absolute Gasteiger partial charge is 0.394 e. The molecule has 3 atom stereocenters. The number of aliphatic hydroxyl groups is 2. The third kappa shape index (κ3) is 6.37. The van der Waals surface area contributed by atoms with Crippen molar-refractivity contribution in [3.63, 3.8) is 0 Å². The molecule has 4 nitrogen and oxygen atoms in total. The van der Waals surface area contributed by atoms with Crippen molar-refractivity contribution in [2.24, 2.45) is 0 Å². The fourth-order valence-electron chi connectivity index (χ4n) is 3.37. The third-order valence-electron chi connectivity index (χ3n) is 5.05. The minimum atomic E-state index is -0.936. The molecule has 142 valence electrons. The molecule has 4 heteroatoms. The lowest BCUT2D eigenvalue weighted by molar-refractivity contribution is -0.151. The van der Waals surface area contributed by atoms with Crippen LogP contribution in [0.15, 0.2) is 30.3 Å². The van der Waals surface area contributed by atoms with Crippen LogP contribution in [0.3, 0.4) is 0 Å². The summed E-state index contributed by atoms with van der Waals surface area (Å²) in [4.78, 5) is 0. The molecule has 0 bridgehead atoms. The standard InChI is InChI=1S/C21H34O4/c1-2-3-4-5-6-7-11-14-21(20(23)15-22,25-17-19-16-24-19)18-12-9-8-10-13-18/h8-10,12-13,19-20,22-23H,2-7,11,14-17H2,1H3. The van der Waals surface area contributed by atoms with Crippen molar-refractivity contribution in [1.29, 1.82) is 0 Å². The first-order valence-corrected chi connectivity index (χ1v) is 9.83. The molecule has 1 fully saturated rings. The van der Waals surface area contributed by atoms with Crippen molar-refractivity contribution in [3.8, 4) is 0 Å². The molecule has 0 spiro atoms. The molecular formula is C21H34O4. The number of epoxide rings is 1. The van der Waals surface area contributed by atoms with Crippen LogP contribution in [0.4, 0.5) is 0 Å². The van der Waals surface area contributed by atoms with Crippen LogP contribution in [0.25, 0.3) is 0 Å². The van der Waals surface area contributed by atoms with Crippen molar-refractivity contribution in [2.75, 3.05) is 19.8 Å². The van der Waals surface area contributed by atoms with E-state index in [1.807, 2.05) is 30.3 Å². The van der Waals surface area contributed by atoms with Crippen molar-refractivity contribution in [3.05, 3.63) is 35.9 Å². The molecule has 0 amide bonds. The zero-order valence-corrected chi connectivity index (χ0v) is 15.5. The maximum Gasteiger partial charge on any atom is 0.121 e. The van der Waals surface area contributed by atoms with Crippen molar-refractivity contribution in [2.45, 2.75) is 76.1 Å². The number of aliphatic hydroxyl groups excluding tert-OH is 2. The first-order valence-electron chi connectivity index (χ1n) is 9.83. The van der Waals surface area contributed by atoms with Gasteiger partial charge in [-0.2, -0.15) is 0 Å². The lowest BCUT2D eigenvalue weighted by Gasteiger charge is -2.38. The summed E-state index contributed by atoms with van der Waals surface area (Å²) in [7, 11) is 0. The molecule has 25 heavy (non-hydrogen) atoms. The Morgan fingerprint density at radius 3 is 2.36 bits per heavy atom. The Morgan fingerprint density at radius 1 is 1.12 bits per heavy atom. The van der Waals surface area contributed by atoms with E-state index in [9.17, 15) is 10.2 Å². The van der Waals surface area contributed by atoms with Gasteiger partial charge in [0, 0.05) is 0 Å². The van der Waals surface area contributed by atoms with Crippen LogP contribution in [-0.4, -0.2) is 42.2 Å². The number of hydrogen-bond donors (Lipinski definition) is 2. The van der Waals surface area contributed by atoms with Gasteiger partial charge in [0.25, 0.3) is 0 Å². The highest BCUT2D eigenvalue weighted by atomic mass is 16.6. The Hall–Kier alpha value is -0.940. The lowest BCUT2D eigenvalue weighted by Crippen LogP contribution is -2.45. The van der Waals surface area contributed by atoms with E-state index in [1.165, 1.54) is 32.1 Å². The predicted octanol–water partition coefficient (Wildman–Crippen LogP) is 3.79. The predicted molar refractivity (Wildman–Crippen MR) is 99.5 cm³/mol. The van der Waals surface area contributed by atoms with Gasteiger partial charge in [-0.1, -0.05) is 82.2 Å². The lowest BCUT2D eigenvalue weighted by atomic mass is 9.83. The second-order valence-corrected chi connectivity index (χ2v) is 7.09. The van der Waals surface area contributed by atoms with Crippen LogP contribution in [-0.2, 0) is 15.1 Å². The van der Waals surface area contributed by atoms with E-state index >= 15 is 0 Å². The van der Waals surface area contributed by atoms with Crippen molar-refractivity contribution < 1.29 is 19.7 Å². The summed E-state index contributed by atoms with van der Waals surface area (Å²) in [6.45, 7) is 3.10. The summed E-state index contributed by atoms with van der Waals surface area (Å²) in [5.41, 5.74) is 0.0777. The van der Waals surface area contributed by atoms with Gasteiger partial charge < -0.3 is 19.7 Å². The Morgan fingerprint density at radius 2 is 1.76 bits per heavy atom. The first-order chi connectivity index (χ1) is 12.2. The van der Waals surface area contributed by atoms with E-state index in [2.05, 4.69) is 6.92 Å². The smallest absolute Gasteiger partial charge is 0.121 e. The van der Waals surface area contributed by atoms with Crippen LogP contribution in [0.2, 0.25) is 0 Å².